The summed E-state index contributed by atoms with van der Waals surface area (Å²) in [5.41, 5.74) is 0. The van der Waals surface area contributed by atoms with Crippen LogP contribution in [0.5, 0.6) is 0 Å². The third-order valence-corrected chi connectivity index (χ3v) is 9.33. The van der Waals surface area contributed by atoms with Crippen molar-refractivity contribution in [2.45, 2.75) is 218 Å². The van der Waals surface area contributed by atoms with E-state index in [0.29, 0.717) is 19.4 Å². The second-order valence-corrected chi connectivity index (χ2v) is 13.7. The van der Waals surface area contributed by atoms with Gasteiger partial charge in [0.05, 0.1) is 6.61 Å². The van der Waals surface area contributed by atoms with Crippen molar-refractivity contribution >= 4 is 11.9 Å². The Morgan fingerprint density at radius 2 is 0.909 bits per heavy atom. The van der Waals surface area contributed by atoms with Gasteiger partial charge in [-0.15, -0.1) is 0 Å². The van der Waals surface area contributed by atoms with Gasteiger partial charge in [0.15, 0.2) is 0 Å². The van der Waals surface area contributed by atoms with Crippen molar-refractivity contribution in [3.8, 4) is 0 Å². The molecule has 1 N–H and O–H groups in total. The molecule has 1 saturated carbocycles. The number of carbonyl (C=O) groups excluding carboxylic acids is 2. The van der Waals surface area contributed by atoms with E-state index >= 15 is 0 Å². The molecule has 0 aliphatic heterocycles. The van der Waals surface area contributed by atoms with Gasteiger partial charge in [0, 0.05) is 12.8 Å². The van der Waals surface area contributed by atoms with Gasteiger partial charge in [-0.1, -0.05) is 142 Å². The van der Waals surface area contributed by atoms with E-state index in [0.717, 1.165) is 58.0 Å². The van der Waals surface area contributed by atoms with Crippen LogP contribution in [0.2, 0.25) is 0 Å². The zero-order valence-electron chi connectivity index (χ0n) is 29.5. The largest absolute Gasteiger partial charge is 0.466 e. The lowest BCUT2D eigenvalue weighted by Gasteiger charge is -2.18. The minimum absolute atomic E-state index is 0.0117. The Morgan fingerprint density at radius 1 is 0.500 bits per heavy atom. The van der Waals surface area contributed by atoms with Crippen molar-refractivity contribution in [2.24, 2.45) is 0 Å². The normalized spacial score (nSPS) is 16.2. The molecule has 0 radical (unpaired) electrons. The quantitative estimate of drug-likeness (QED) is 0.0858. The van der Waals surface area contributed by atoms with E-state index in [9.17, 15) is 9.59 Å². The highest BCUT2D eigenvalue weighted by molar-refractivity contribution is 5.69. The molecule has 0 atom stereocenters. The predicted octanol–water partition coefficient (Wildman–Crippen LogP) is 11.5. The van der Waals surface area contributed by atoms with Gasteiger partial charge in [0.1, 0.15) is 6.10 Å². The molecular weight excluding hydrogens is 546 g/mol. The lowest BCUT2D eigenvalue weighted by molar-refractivity contribution is -0.150. The zero-order valence-corrected chi connectivity index (χ0v) is 29.5. The summed E-state index contributed by atoms with van der Waals surface area (Å²) >= 11 is 0. The summed E-state index contributed by atoms with van der Waals surface area (Å²) < 4.78 is 11.3. The smallest absolute Gasteiger partial charge is 0.306 e. The molecule has 0 saturated heterocycles. The molecule has 44 heavy (non-hydrogen) atoms. The molecule has 0 aromatic heterocycles. The van der Waals surface area contributed by atoms with Crippen LogP contribution in [-0.4, -0.2) is 37.7 Å². The number of hydrogen-bond donors (Lipinski definition) is 1. The lowest BCUT2D eigenvalue weighted by Crippen LogP contribution is -2.18. The summed E-state index contributed by atoms with van der Waals surface area (Å²) in [5, 5.41) is 3.58. The maximum atomic E-state index is 12.5. The predicted molar refractivity (Wildman–Crippen MR) is 187 cm³/mol. The topological polar surface area (TPSA) is 64.6 Å². The third-order valence-electron chi connectivity index (χ3n) is 9.33. The number of unbranched alkanes of at least 4 members (excludes halogenated alkanes) is 13. The molecule has 1 aliphatic carbocycles. The van der Waals surface area contributed by atoms with Crippen molar-refractivity contribution in [3.05, 3.63) is 0 Å². The lowest BCUT2D eigenvalue weighted by atomic mass is 10.0. The van der Waals surface area contributed by atoms with Crippen molar-refractivity contribution < 1.29 is 19.1 Å². The first kappa shape index (κ1) is 40.9. The maximum absolute atomic E-state index is 12.5. The van der Waals surface area contributed by atoms with Gasteiger partial charge < -0.3 is 14.8 Å². The van der Waals surface area contributed by atoms with Crippen LogP contribution in [0.15, 0.2) is 0 Å². The van der Waals surface area contributed by atoms with E-state index in [2.05, 4.69) is 12.2 Å². The molecule has 1 rings (SSSR count). The molecule has 5 nitrogen and oxygen atoms in total. The van der Waals surface area contributed by atoms with Crippen LogP contribution in [-0.2, 0) is 19.1 Å². The molecule has 1 aliphatic rings. The highest BCUT2D eigenvalue weighted by Gasteiger charge is 2.14. The summed E-state index contributed by atoms with van der Waals surface area (Å²) in [6.45, 7) is 5.02. The van der Waals surface area contributed by atoms with E-state index in [-0.39, 0.29) is 18.0 Å². The SMILES string of the molecule is CCCCCCCCOC(=O)CCCCCCCNCCCCCCCC(=O)OC1CCCCCCCCCCCCCC1. The Labute approximate surface area is 274 Å². The highest BCUT2D eigenvalue weighted by Crippen LogP contribution is 2.19. The van der Waals surface area contributed by atoms with Gasteiger partial charge in [-0.2, -0.15) is 0 Å². The monoisotopic (exact) mass is 622 g/mol. The first-order valence-corrected chi connectivity index (χ1v) is 19.8. The number of nitrogens with one attached hydrogen (secondary N) is 1. The van der Waals surface area contributed by atoms with Crippen LogP contribution < -0.4 is 5.32 Å². The molecule has 0 aromatic carbocycles. The van der Waals surface area contributed by atoms with E-state index in [1.54, 1.807) is 0 Å². The highest BCUT2D eigenvalue weighted by atomic mass is 16.5. The summed E-state index contributed by atoms with van der Waals surface area (Å²) in [4.78, 5) is 24.3. The summed E-state index contributed by atoms with van der Waals surface area (Å²) in [7, 11) is 0. The Bertz CT molecular complexity index is 609. The molecule has 260 valence electrons. The Balaban J connectivity index is 1.88. The van der Waals surface area contributed by atoms with Gasteiger partial charge in [0.2, 0.25) is 0 Å². The third kappa shape index (κ3) is 29.6. The zero-order chi connectivity index (χ0) is 31.6. The number of esters is 2. The Kier molecular flexibility index (Phi) is 30.9. The first-order valence-electron chi connectivity index (χ1n) is 19.8. The summed E-state index contributed by atoms with van der Waals surface area (Å²) in [6, 6.07) is 0. The van der Waals surface area contributed by atoms with Crippen LogP contribution in [0, 0.1) is 0 Å². The number of ether oxygens (including phenoxy) is 2. The Hall–Kier alpha value is -1.10. The minimum atomic E-state index is -0.0117. The van der Waals surface area contributed by atoms with Crippen LogP contribution >= 0.6 is 0 Å². The number of hydrogen-bond acceptors (Lipinski definition) is 5. The van der Waals surface area contributed by atoms with Gasteiger partial charge in [0.25, 0.3) is 0 Å². The van der Waals surface area contributed by atoms with Crippen LogP contribution in [0.3, 0.4) is 0 Å². The number of rotatable bonds is 24. The van der Waals surface area contributed by atoms with E-state index in [1.807, 2.05) is 0 Å². The van der Waals surface area contributed by atoms with E-state index in [1.165, 1.54) is 148 Å². The minimum Gasteiger partial charge on any atom is -0.466 e. The Morgan fingerprint density at radius 3 is 1.43 bits per heavy atom. The van der Waals surface area contributed by atoms with Crippen LogP contribution in [0.4, 0.5) is 0 Å². The molecule has 0 heterocycles. The standard InChI is InChI=1S/C39H75NO4/c1-2-3-4-5-22-29-36-43-38(41)32-25-18-14-20-27-34-40-35-28-21-15-19-26-33-39(42)44-37-30-23-16-12-10-8-6-7-9-11-13-17-24-31-37/h37,40H,2-36H2,1H3. The number of carbonyl (C=O) groups is 2. The fraction of sp³-hybridized carbons (Fsp3) is 0.949. The molecular formula is C39H75NO4. The average Bonchev–Trinajstić information content (AvgIpc) is 3.03. The second-order valence-electron chi connectivity index (χ2n) is 13.7. The maximum Gasteiger partial charge on any atom is 0.306 e. The molecule has 0 amide bonds. The van der Waals surface area contributed by atoms with Crippen LogP contribution in [0.1, 0.15) is 212 Å². The summed E-state index contributed by atoms with van der Waals surface area (Å²) in [5.74, 6) is 0.0282. The first-order chi connectivity index (χ1) is 21.7. The van der Waals surface area contributed by atoms with Gasteiger partial charge >= 0.3 is 11.9 Å². The molecule has 5 heteroatoms. The van der Waals surface area contributed by atoms with Crippen molar-refractivity contribution in [1.82, 2.24) is 5.32 Å². The fourth-order valence-electron chi connectivity index (χ4n) is 6.38. The average molecular weight is 622 g/mol. The van der Waals surface area contributed by atoms with E-state index < -0.39 is 0 Å². The molecule has 0 unspecified atom stereocenters. The molecule has 0 aromatic rings. The van der Waals surface area contributed by atoms with Crippen molar-refractivity contribution in [3.63, 3.8) is 0 Å². The second kappa shape index (κ2) is 33.3. The molecule has 0 spiro atoms. The van der Waals surface area contributed by atoms with Gasteiger partial charge in [-0.3, -0.25) is 9.59 Å². The van der Waals surface area contributed by atoms with Crippen molar-refractivity contribution in [1.29, 1.82) is 0 Å². The molecule has 1 fully saturated rings. The molecule has 0 bridgehead atoms. The summed E-state index contributed by atoms with van der Waals surface area (Å²) in [6.07, 6.45) is 38.4. The van der Waals surface area contributed by atoms with Crippen molar-refractivity contribution in [2.75, 3.05) is 19.7 Å². The van der Waals surface area contributed by atoms with E-state index in [4.69, 9.17) is 9.47 Å². The van der Waals surface area contributed by atoms with Crippen LogP contribution in [0.25, 0.3) is 0 Å². The van der Waals surface area contributed by atoms with Gasteiger partial charge in [-0.05, 0) is 70.9 Å². The fourth-order valence-corrected chi connectivity index (χ4v) is 6.38. The van der Waals surface area contributed by atoms with Gasteiger partial charge in [-0.25, -0.2) is 0 Å².